The second kappa shape index (κ2) is 7.94. The molecule has 2 heterocycles. The molecule has 0 aliphatic rings. The van der Waals surface area contributed by atoms with Crippen LogP contribution in [0.3, 0.4) is 0 Å². The number of ether oxygens (including phenoxy) is 1. The van der Waals surface area contributed by atoms with Gasteiger partial charge in [-0.05, 0) is 36.6 Å². The molecular weight excluding hydrogens is 332 g/mol. The van der Waals surface area contributed by atoms with Crippen LogP contribution in [-0.4, -0.2) is 22.9 Å². The molecule has 0 fully saturated rings. The Morgan fingerprint density at radius 1 is 1.12 bits per heavy atom. The number of carbonyl (C=O) groups is 1. The summed E-state index contributed by atoms with van der Waals surface area (Å²) in [6, 6.07) is 15.5. The van der Waals surface area contributed by atoms with Gasteiger partial charge in [-0.3, -0.25) is 9.78 Å². The van der Waals surface area contributed by atoms with E-state index >= 15 is 0 Å². The number of aryl methyl sites for hydroxylation is 1. The van der Waals surface area contributed by atoms with E-state index in [1.807, 2.05) is 65.7 Å². The molecule has 0 radical (unpaired) electrons. The van der Waals surface area contributed by atoms with Crippen LogP contribution < -0.4 is 4.74 Å². The number of nitrogens with zero attached hydrogens (tertiary/aromatic N) is 2. The summed E-state index contributed by atoms with van der Waals surface area (Å²) >= 11 is 1.65. The summed E-state index contributed by atoms with van der Waals surface area (Å²) in [5.74, 6) is 0.750. The van der Waals surface area contributed by atoms with E-state index in [0.29, 0.717) is 18.7 Å². The summed E-state index contributed by atoms with van der Waals surface area (Å²) in [5, 5.41) is 2.02. The molecule has 0 saturated carbocycles. The van der Waals surface area contributed by atoms with Gasteiger partial charge in [0.25, 0.3) is 5.91 Å². The Kier molecular flexibility index (Phi) is 5.46. The average molecular weight is 352 g/mol. The van der Waals surface area contributed by atoms with Crippen LogP contribution in [0.15, 0.2) is 60.1 Å². The van der Waals surface area contributed by atoms with Gasteiger partial charge >= 0.3 is 0 Å². The molecule has 25 heavy (non-hydrogen) atoms. The first-order valence-electron chi connectivity index (χ1n) is 8.03. The van der Waals surface area contributed by atoms with Gasteiger partial charge < -0.3 is 9.64 Å². The molecule has 3 aromatic rings. The fourth-order valence-electron chi connectivity index (χ4n) is 2.61. The number of methoxy groups -OCH3 is 1. The van der Waals surface area contributed by atoms with Gasteiger partial charge in [0.05, 0.1) is 25.8 Å². The van der Waals surface area contributed by atoms with Gasteiger partial charge in [0.1, 0.15) is 5.75 Å². The van der Waals surface area contributed by atoms with Crippen molar-refractivity contribution in [2.75, 3.05) is 7.11 Å². The molecule has 2 aromatic heterocycles. The van der Waals surface area contributed by atoms with Gasteiger partial charge in [-0.15, -0.1) is 11.3 Å². The SMILES string of the molecule is COc1ccccc1CN(Cc1cccs1)C(=O)c1ccc(C)nc1. The molecule has 1 aromatic carbocycles. The Balaban J connectivity index is 1.89. The maximum atomic E-state index is 13.0. The Hall–Kier alpha value is -2.66. The summed E-state index contributed by atoms with van der Waals surface area (Å²) in [7, 11) is 1.65. The normalized spacial score (nSPS) is 10.5. The van der Waals surface area contributed by atoms with Gasteiger partial charge in [0.15, 0.2) is 0 Å². The third kappa shape index (κ3) is 4.25. The maximum absolute atomic E-state index is 13.0. The third-order valence-corrected chi connectivity index (χ3v) is 4.79. The van der Waals surface area contributed by atoms with E-state index in [9.17, 15) is 4.79 Å². The van der Waals surface area contributed by atoms with Gasteiger partial charge in [-0.2, -0.15) is 0 Å². The fourth-order valence-corrected chi connectivity index (χ4v) is 3.33. The number of pyridine rings is 1. The van der Waals surface area contributed by atoms with Gasteiger partial charge in [0.2, 0.25) is 0 Å². The van der Waals surface area contributed by atoms with Crippen LogP contribution in [0.5, 0.6) is 5.75 Å². The predicted octanol–water partition coefficient (Wildman–Crippen LogP) is 4.30. The van der Waals surface area contributed by atoms with Crippen molar-refractivity contribution in [2.45, 2.75) is 20.0 Å². The van der Waals surface area contributed by atoms with Crippen molar-refractivity contribution < 1.29 is 9.53 Å². The molecule has 128 valence electrons. The molecule has 0 saturated heterocycles. The molecule has 0 aliphatic carbocycles. The Labute approximate surface area is 151 Å². The number of thiophene rings is 1. The van der Waals surface area contributed by atoms with Gasteiger partial charge in [0, 0.05) is 22.3 Å². The summed E-state index contributed by atoms with van der Waals surface area (Å²) in [6.07, 6.45) is 1.64. The lowest BCUT2D eigenvalue weighted by atomic mass is 10.1. The van der Waals surface area contributed by atoms with Crippen molar-refractivity contribution in [3.63, 3.8) is 0 Å². The van der Waals surface area contributed by atoms with E-state index in [0.717, 1.165) is 21.9 Å². The molecule has 0 unspecified atom stereocenters. The Morgan fingerprint density at radius 3 is 2.64 bits per heavy atom. The summed E-state index contributed by atoms with van der Waals surface area (Å²) in [4.78, 5) is 20.3. The molecule has 0 spiro atoms. The second-order valence-electron chi connectivity index (χ2n) is 5.74. The lowest BCUT2D eigenvalue weighted by Gasteiger charge is -2.23. The van der Waals surface area contributed by atoms with E-state index in [-0.39, 0.29) is 5.91 Å². The maximum Gasteiger partial charge on any atom is 0.256 e. The predicted molar refractivity (Wildman–Crippen MR) is 99.9 cm³/mol. The Bertz CT molecular complexity index is 829. The van der Waals surface area contributed by atoms with Crippen LogP contribution in [0.1, 0.15) is 26.5 Å². The average Bonchev–Trinajstić information content (AvgIpc) is 3.15. The zero-order chi connectivity index (χ0) is 17.6. The second-order valence-corrected chi connectivity index (χ2v) is 6.77. The quantitative estimate of drug-likeness (QED) is 0.664. The smallest absolute Gasteiger partial charge is 0.256 e. The minimum atomic E-state index is -0.0354. The molecule has 0 N–H and O–H groups in total. The standard InChI is InChI=1S/C20H20N2O2S/c1-15-9-10-16(12-21-15)20(23)22(14-18-7-5-11-25-18)13-17-6-3-4-8-19(17)24-2/h3-12H,13-14H2,1-2H3. The van der Waals surface area contributed by atoms with Crippen molar-refractivity contribution >= 4 is 17.2 Å². The molecule has 3 rings (SSSR count). The molecule has 0 atom stereocenters. The van der Waals surface area contributed by atoms with Gasteiger partial charge in [-0.25, -0.2) is 0 Å². The number of para-hydroxylation sites is 1. The van der Waals surface area contributed by atoms with Crippen molar-refractivity contribution in [1.82, 2.24) is 9.88 Å². The minimum absolute atomic E-state index is 0.0354. The third-order valence-electron chi connectivity index (χ3n) is 3.93. The number of carbonyl (C=O) groups excluding carboxylic acids is 1. The van der Waals surface area contributed by atoms with E-state index in [1.165, 1.54) is 0 Å². The number of rotatable bonds is 6. The van der Waals surface area contributed by atoms with Crippen molar-refractivity contribution in [2.24, 2.45) is 0 Å². The van der Waals surface area contributed by atoms with E-state index in [4.69, 9.17) is 4.74 Å². The highest BCUT2D eigenvalue weighted by atomic mass is 32.1. The molecule has 5 heteroatoms. The van der Waals surface area contributed by atoms with Crippen LogP contribution >= 0.6 is 11.3 Å². The van der Waals surface area contributed by atoms with Crippen LogP contribution in [0.2, 0.25) is 0 Å². The van der Waals surface area contributed by atoms with E-state index < -0.39 is 0 Å². The van der Waals surface area contributed by atoms with E-state index in [1.54, 1.807) is 24.6 Å². The fraction of sp³-hybridized carbons (Fsp3) is 0.200. The van der Waals surface area contributed by atoms with Crippen molar-refractivity contribution in [3.8, 4) is 5.75 Å². The highest BCUT2D eigenvalue weighted by Gasteiger charge is 2.19. The first-order chi connectivity index (χ1) is 12.2. The largest absolute Gasteiger partial charge is 0.496 e. The minimum Gasteiger partial charge on any atom is -0.496 e. The van der Waals surface area contributed by atoms with Crippen LogP contribution in [0, 0.1) is 6.92 Å². The monoisotopic (exact) mass is 352 g/mol. The highest BCUT2D eigenvalue weighted by molar-refractivity contribution is 7.09. The zero-order valence-electron chi connectivity index (χ0n) is 14.3. The van der Waals surface area contributed by atoms with Gasteiger partial charge in [-0.1, -0.05) is 24.3 Å². The number of aromatic nitrogens is 1. The number of amides is 1. The van der Waals surface area contributed by atoms with Crippen LogP contribution in [-0.2, 0) is 13.1 Å². The lowest BCUT2D eigenvalue weighted by Crippen LogP contribution is -2.30. The topological polar surface area (TPSA) is 42.4 Å². The van der Waals surface area contributed by atoms with Crippen LogP contribution in [0.4, 0.5) is 0 Å². The lowest BCUT2D eigenvalue weighted by molar-refractivity contribution is 0.0730. The first-order valence-corrected chi connectivity index (χ1v) is 8.91. The summed E-state index contributed by atoms with van der Waals surface area (Å²) in [6.45, 7) is 2.95. The first kappa shape index (κ1) is 17.2. The Morgan fingerprint density at radius 2 is 1.96 bits per heavy atom. The number of benzene rings is 1. The highest BCUT2D eigenvalue weighted by Crippen LogP contribution is 2.22. The summed E-state index contributed by atoms with van der Waals surface area (Å²) < 4.78 is 5.43. The molecule has 4 nitrogen and oxygen atoms in total. The van der Waals surface area contributed by atoms with Crippen LogP contribution in [0.25, 0.3) is 0 Å². The number of hydrogen-bond donors (Lipinski definition) is 0. The molecular formula is C20H20N2O2S. The number of hydrogen-bond acceptors (Lipinski definition) is 4. The molecule has 0 aliphatic heterocycles. The van der Waals surface area contributed by atoms with Crippen molar-refractivity contribution in [3.05, 3.63) is 81.8 Å². The summed E-state index contributed by atoms with van der Waals surface area (Å²) in [5.41, 5.74) is 2.47. The zero-order valence-corrected chi connectivity index (χ0v) is 15.1. The van der Waals surface area contributed by atoms with Crippen molar-refractivity contribution in [1.29, 1.82) is 0 Å². The molecule has 1 amide bonds. The van der Waals surface area contributed by atoms with E-state index in [2.05, 4.69) is 4.98 Å². The molecule has 0 bridgehead atoms.